The van der Waals surface area contributed by atoms with E-state index in [0.717, 1.165) is 16.7 Å². The molecule has 100 valence electrons. The summed E-state index contributed by atoms with van der Waals surface area (Å²) in [7, 11) is 0. The molecule has 1 aromatic carbocycles. The molecule has 0 heterocycles. The molecule has 0 spiro atoms. The summed E-state index contributed by atoms with van der Waals surface area (Å²) in [5.74, 6) is 0. The Balaban J connectivity index is 2.10. The van der Waals surface area contributed by atoms with Gasteiger partial charge in [0, 0.05) is 21.2 Å². The summed E-state index contributed by atoms with van der Waals surface area (Å²) in [5.41, 5.74) is 7.27. The van der Waals surface area contributed by atoms with Gasteiger partial charge in [-0.2, -0.15) is 0 Å². The molecule has 0 bridgehead atoms. The van der Waals surface area contributed by atoms with E-state index >= 15 is 0 Å². The van der Waals surface area contributed by atoms with Gasteiger partial charge in [0.2, 0.25) is 0 Å². The first-order chi connectivity index (χ1) is 8.65. The highest BCUT2D eigenvalue weighted by Crippen LogP contribution is 2.36. The smallest absolute Gasteiger partial charge is 0.0417 e. The molecule has 3 heteroatoms. The Labute approximate surface area is 119 Å². The molecule has 0 radical (unpaired) electrons. The first-order valence-electron chi connectivity index (χ1n) is 6.86. The third kappa shape index (κ3) is 4.18. The molecule has 0 aliphatic heterocycles. The molecule has 2 N–H and O–H groups in total. The molecule has 1 aliphatic rings. The van der Waals surface area contributed by atoms with Gasteiger partial charge in [-0.05, 0) is 43.9 Å². The topological polar surface area (TPSA) is 26.0 Å². The average Bonchev–Trinajstić information content (AvgIpc) is 2.33. The largest absolute Gasteiger partial charge is 0.328 e. The van der Waals surface area contributed by atoms with Crippen LogP contribution in [-0.2, 0) is 6.42 Å². The SMILES string of the molecule is CC(N)Cc1ccc(Cl)cc1SC1CCCCC1. The third-order valence-electron chi connectivity index (χ3n) is 3.42. The summed E-state index contributed by atoms with van der Waals surface area (Å²) in [6.45, 7) is 2.06. The highest BCUT2D eigenvalue weighted by molar-refractivity contribution is 8.00. The van der Waals surface area contributed by atoms with E-state index in [1.54, 1.807) is 0 Å². The Morgan fingerprint density at radius 3 is 2.72 bits per heavy atom. The minimum atomic E-state index is 0.205. The van der Waals surface area contributed by atoms with Gasteiger partial charge >= 0.3 is 0 Å². The van der Waals surface area contributed by atoms with Gasteiger partial charge in [0.1, 0.15) is 0 Å². The van der Waals surface area contributed by atoms with Gasteiger partial charge in [-0.15, -0.1) is 11.8 Å². The number of benzene rings is 1. The van der Waals surface area contributed by atoms with Crippen LogP contribution in [0, 0.1) is 0 Å². The molecule has 1 atom stereocenters. The second-order valence-electron chi connectivity index (χ2n) is 5.31. The van der Waals surface area contributed by atoms with E-state index in [0.29, 0.717) is 0 Å². The minimum Gasteiger partial charge on any atom is -0.328 e. The lowest BCUT2D eigenvalue weighted by molar-refractivity contribution is 0.516. The summed E-state index contributed by atoms with van der Waals surface area (Å²) in [5, 5.41) is 1.60. The monoisotopic (exact) mass is 283 g/mol. The number of thioether (sulfide) groups is 1. The lowest BCUT2D eigenvalue weighted by Gasteiger charge is -2.22. The fourth-order valence-electron chi connectivity index (χ4n) is 2.52. The van der Waals surface area contributed by atoms with Gasteiger partial charge in [-0.25, -0.2) is 0 Å². The van der Waals surface area contributed by atoms with E-state index < -0.39 is 0 Å². The third-order valence-corrected chi connectivity index (χ3v) is 5.09. The molecule has 2 rings (SSSR count). The second-order valence-corrected chi connectivity index (χ2v) is 7.09. The van der Waals surface area contributed by atoms with Gasteiger partial charge in [-0.1, -0.05) is 36.9 Å². The highest BCUT2D eigenvalue weighted by atomic mass is 35.5. The van der Waals surface area contributed by atoms with Gasteiger partial charge in [-0.3, -0.25) is 0 Å². The van der Waals surface area contributed by atoms with E-state index in [9.17, 15) is 0 Å². The van der Waals surface area contributed by atoms with Crippen molar-refractivity contribution in [3.05, 3.63) is 28.8 Å². The predicted octanol–water partition coefficient (Wildman–Crippen LogP) is 4.65. The first kappa shape index (κ1) is 14.2. The van der Waals surface area contributed by atoms with E-state index in [-0.39, 0.29) is 6.04 Å². The molecule has 18 heavy (non-hydrogen) atoms. The van der Waals surface area contributed by atoms with E-state index in [2.05, 4.69) is 19.1 Å². The number of hydrogen-bond acceptors (Lipinski definition) is 2. The first-order valence-corrected chi connectivity index (χ1v) is 8.11. The Bertz CT molecular complexity index is 386. The van der Waals surface area contributed by atoms with Gasteiger partial charge in [0.15, 0.2) is 0 Å². The quantitative estimate of drug-likeness (QED) is 0.870. The van der Waals surface area contributed by atoms with Gasteiger partial charge in [0.25, 0.3) is 0 Å². The van der Waals surface area contributed by atoms with Crippen molar-refractivity contribution < 1.29 is 0 Å². The summed E-state index contributed by atoms with van der Waals surface area (Å²) in [6, 6.07) is 6.43. The van der Waals surface area contributed by atoms with Crippen LogP contribution in [0.15, 0.2) is 23.1 Å². The molecule has 0 saturated heterocycles. The van der Waals surface area contributed by atoms with Crippen LogP contribution in [0.5, 0.6) is 0 Å². The van der Waals surface area contributed by atoms with Crippen molar-refractivity contribution in [2.45, 2.75) is 61.6 Å². The fraction of sp³-hybridized carbons (Fsp3) is 0.600. The summed E-state index contributed by atoms with van der Waals surface area (Å²) < 4.78 is 0. The van der Waals surface area contributed by atoms with E-state index in [4.69, 9.17) is 17.3 Å². The maximum atomic E-state index is 6.13. The highest BCUT2D eigenvalue weighted by Gasteiger charge is 2.16. The zero-order chi connectivity index (χ0) is 13.0. The standard InChI is InChI=1S/C15H22ClNS/c1-11(17)9-12-7-8-13(16)10-15(12)18-14-5-3-2-4-6-14/h7-8,10-11,14H,2-6,9,17H2,1H3. The molecule has 1 aromatic rings. The number of halogens is 1. The number of rotatable bonds is 4. The Morgan fingerprint density at radius 1 is 1.33 bits per heavy atom. The van der Waals surface area contributed by atoms with Crippen LogP contribution >= 0.6 is 23.4 Å². The van der Waals surface area contributed by atoms with Crippen molar-refractivity contribution in [3.63, 3.8) is 0 Å². The summed E-state index contributed by atoms with van der Waals surface area (Å²) in [4.78, 5) is 1.34. The van der Waals surface area contributed by atoms with Crippen molar-refractivity contribution in [1.29, 1.82) is 0 Å². The van der Waals surface area contributed by atoms with Gasteiger partial charge in [0.05, 0.1) is 0 Å². The Kier molecular flexibility index (Phi) is 5.40. The van der Waals surface area contributed by atoms with Crippen LogP contribution in [0.3, 0.4) is 0 Å². The predicted molar refractivity (Wildman–Crippen MR) is 81.5 cm³/mol. The van der Waals surface area contributed by atoms with Crippen LogP contribution in [0.25, 0.3) is 0 Å². The van der Waals surface area contributed by atoms with Crippen molar-refractivity contribution in [2.75, 3.05) is 0 Å². The second kappa shape index (κ2) is 6.83. The van der Waals surface area contributed by atoms with Crippen molar-refractivity contribution in [3.8, 4) is 0 Å². The molecule has 1 saturated carbocycles. The van der Waals surface area contributed by atoms with Crippen LogP contribution in [0.1, 0.15) is 44.6 Å². The van der Waals surface area contributed by atoms with Crippen LogP contribution < -0.4 is 5.73 Å². The lowest BCUT2D eigenvalue weighted by atomic mass is 10.0. The fourth-order valence-corrected chi connectivity index (χ4v) is 4.18. The van der Waals surface area contributed by atoms with Crippen molar-refractivity contribution in [1.82, 2.24) is 0 Å². The molecule has 0 amide bonds. The number of nitrogens with two attached hydrogens (primary N) is 1. The number of hydrogen-bond donors (Lipinski definition) is 1. The zero-order valence-electron chi connectivity index (χ0n) is 11.0. The van der Waals surface area contributed by atoms with Gasteiger partial charge < -0.3 is 5.73 Å². The van der Waals surface area contributed by atoms with E-state index in [1.807, 2.05) is 17.8 Å². The minimum absolute atomic E-state index is 0.205. The van der Waals surface area contributed by atoms with Crippen LogP contribution in [0.4, 0.5) is 0 Å². The molecular weight excluding hydrogens is 262 g/mol. The Morgan fingerprint density at radius 2 is 2.06 bits per heavy atom. The van der Waals surface area contributed by atoms with Crippen LogP contribution in [-0.4, -0.2) is 11.3 Å². The van der Waals surface area contributed by atoms with Crippen molar-refractivity contribution >= 4 is 23.4 Å². The molecule has 1 aliphatic carbocycles. The molecular formula is C15H22ClNS. The van der Waals surface area contributed by atoms with Crippen LogP contribution in [0.2, 0.25) is 5.02 Å². The molecule has 1 nitrogen and oxygen atoms in total. The maximum absolute atomic E-state index is 6.13. The maximum Gasteiger partial charge on any atom is 0.0417 e. The summed E-state index contributed by atoms with van der Waals surface area (Å²) >= 11 is 8.13. The molecule has 1 fully saturated rings. The molecule has 0 aromatic heterocycles. The van der Waals surface area contributed by atoms with E-state index in [1.165, 1.54) is 42.6 Å². The summed E-state index contributed by atoms with van der Waals surface area (Å²) in [6.07, 6.45) is 7.77. The molecule has 1 unspecified atom stereocenters. The normalized spacial score (nSPS) is 18.8. The van der Waals surface area contributed by atoms with Crippen molar-refractivity contribution in [2.24, 2.45) is 5.73 Å². The lowest BCUT2D eigenvalue weighted by Crippen LogP contribution is -2.18. The average molecular weight is 284 g/mol. The Hall–Kier alpha value is -0.180. The zero-order valence-corrected chi connectivity index (χ0v) is 12.6.